The predicted octanol–water partition coefficient (Wildman–Crippen LogP) is 1.28. The van der Waals surface area contributed by atoms with Crippen molar-refractivity contribution in [1.82, 2.24) is 14.6 Å². The van der Waals surface area contributed by atoms with Gasteiger partial charge < -0.3 is 10.4 Å². The van der Waals surface area contributed by atoms with Gasteiger partial charge in [0.1, 0.15) is 0 Å². The van der Waals surface area contributed by atoms with Crippen LogP contribution in [-0.4, -0.2) is 32.4 Å². The van der Waals surface area contributed by atoms with Gasteiger partial charge in [0.2, 0.25) is 5.95 Å². The van der Waals surface area contributed by atoms with Crippen LogP contribution >= 0.6 is 15.9 Å². The topological polar surface area (TPSA) is 62.5 Å². The molecule has 2 N–H and O–H groups in total. The highest BCUT2D eigenvalue weighted by Crippen LogP contribution is 2.16. The first-order valence-corrected chi connectivity index (χ1v) is 5.39. The van der Waals surface area contributed by atoms with E-state index in [9.17, 15) is 0 Å². The molecule has 2 heterocycles. The number of anilines is 1. The summed E-state index contributed by atoms with van der Waals surface area (Å²) in [6.07, 6.45) is 1.40. The van der Waals surface area contributed by atoms with Crippen molar-refractivity contribution in [2.45, 2.75) is 13.0 Å². The summed E-state index contributed by atoms with van der Waals surface area (Å²) in [6, 6.07) is 3.78. The van der Waals surface area contributed by atoms with Gasteiger partial charge in [0, 0.05) is 12.7 Å². The highest BCUT2D eigenvalue weighted by molar-refractivity contribution is 9.10. The van der Waals surface area contributed by atoms with Gasteiger partial charge >= 0.3 is 0 Å². The number of aromatic nitrogens is 3. The van der Waals surface area contributed by atoms with Gasteiger partial charge in [0.15, 0.2) is 5.65 Å². The summed E-state index contributed by atoms with van der Waals surface area (Å²) in [4.78, 5) is 4.27. The van der Waals surface area contributed by atoms with E-state index >= 15 is 0 Å². The fourth-order valence-corrected chi connectivity index (χ4v) is 1.61. The van der Waals surface area contributed by atoms with Gasteiger partial charge in [-0.15, -0.1) is 5.10 Å². The molecule has 0 radical (unpaired) electrons. The molecule has 80 valence electrons. The van der Waals surface area contributed by atoms with E-state index in [4.69, 9.17) is 5.11 Å². The third kappa shape index (κ3) is 2.27. The Morgan fingerprint density at radius 1 is 1.67 bits per heavy atom. The Balaban J connectivity index is 2.27. The molecule has 0 aliphatic carbocycles. The lowest BCUT2D eigenvalue weighted by molar-refractivity contribution is 0.208. The van der Waals surface area contributed by atoms with Crippen LogP contribution in [0.3, 0.4) is 0 Å². The highest BCUT2D eigenvalue weighted by atomic mass is 79.9. The third-order valence-electron chi connectivity index (χ3n) is 1.87. The number of nitrogens with zero attached hydrogens (tertiary/aromatic N) is 3. The zero-order chi connectivity index (χ0) is 10.8. The van der Waals surface area contributed by atoms with Crippen LogP contribution in [-0.2, 0) is 0 Å². The van der Waals surface area contributed by atoms with Crippen LogP contribution in [0.4, 0.5) is 5.95 Å². The molecule has 0 bridgehead atoms. The average molecular weight is 271 g/mol. The normalized spacial score (nSPS) is 13.0. The van der Waals surface area contributed by atoms with Crippen LogP contribution in [0.25, 0.3) is 5.65 Å². The predicted molar refractivity (Wildman–Crippen MR) is 60.9 cm³/mol. The second kappa shape index (κ2) is 4.16. The zero-order valence-electron chi connectivity index (χ0n) is 8.18. The van der Waals surface area contributed by atoms with Crippen LogP contribution in [0.5, 0.6) is 0 Å². The Kier molecular flexibility index (Phi) is 2.88. The number of aliphatic hydroxyl groups excluding tert-OH is 1. The molecule has 6 heteroatoms. The zero-order valence-corrected chi connectivity index (χ0v) is 9.77. The molecule has 2 aromatic heterocycles. The number of rotatable bonds is 3. The quantitative estimate of drug-likeness (QED) is 0.882. The fourth-order valence-electron chi connectivity index (χ4n) is 1.19. The van der Waals surface area contributed by atoms with E-state index < -0.39 is 6.10 Å². The first-order chi connectivity index (χ1) is 7.16. The molecule has 1 atom stereocenters. The Hall–Kier alpha value is -1.14. The smallest absolute Gasteiger partial charge is 0.243 e. The number of nitrogens with one attached hydrogen (secondary N) is 1. The van der Waals surface area contributed by atoms with Crippen LogP contribution < -0.4 is 5.32 Å². The lowest BCUT2D eigenvalue weighted by Crippen LogP contribution is -2.16. The van der Waals surface area contributed by atoms with Gasteiger partial charge in [-0.3, -0.25) is 0 Å². The Labute approximate surface area is 95.3 Å². The van der Waals surface area contributed by atoms with Crippen molar-refractivity contribution < 1.29 is 5.11 Å². The SMILES string of the molecule is CC(O)CNc1nc2c(Br)cccn2n1. The minimum Gasteiger partial charge on any atom is -0.392 e. The van der Waals surface area contributed by atoms with Crippen molar-refractivity contribution >= 4 is 27.5 Å². The standard InChI is InChI=1S/C9H11BrN4O/c1-6(15)5-11-9-12-8-7(10)3-2-4-14(8)13-9/h2-4,6,15H,5H2,1H3,(H,11,13). The Bertz CT molecular complexity index is 468. The first-order valence-electron chi connectivity index (χ1n) is 4.59. The van der Waals surface area contributed by atoms with Crippen molar-refractivity contribution in [2.24, 2.45) is 0 Å². The van der Waals surface area contributed by atoms with E-state index in [1.807, 2.05) is 18.3 Å². The maximum absolute atomic E-state index is 9.11. The third-order valence-corrected chi connectivity index (χ3v) is 2.49. The van der Waals surface area contributed by atoms with E-state index in [0.717, 1.165) is 10.1 Å². The maximum atomic E-state index is 9.11. The molecule has 0 aromatic carbocycles. The number of hydrogen-bond donors (Lipinski definition) is 2. The number of halogens is 1. The summed E-state index contributed by atoms with van der Waals surface area (Å²) in [5.74, 6) is 0.516. The molecule has 0 spiro atoms. The molecule has 2 aromatic rings. The van der Waals surface area contributed by atoms with Crippen molar-refractivity contribution in [3.05, 3.63) is 22.8 Å². The first kappa shape index (κ1) is 10.4. The molecule has 0 saturated heterocycles. The van der Waals surface area contributed by atoms with Crippen LogP contribution in [0.1, 0.15) is 6.92 Å². The largest absolute Gasteiger partial charge is 0.392 e. The van der Waals surface area contributed by atoms with Crippen LogP contribution in [0.15, 0.2) is 22.8 Å². The molecule has 2 rings (SSSR count). The molecule has 0 fully saturated rings. The minimum absolute atomic E-state index is 0.417. The van der Waals surface area contributed by atoms with Crippen molar-refractivity contribution in [2.75, 3.05) is 11.9 Å². The average Bonchev–Trinajstić information content (AvgIpc) is 2.59. The Morgan fingerprint density at radius 2 is 2.47 bits per heavy atom. The van der Waals surface area contributed by atoms with Crippen LogP contribution in [0, 0.1) is 0 Å². The molecular formula is C9H11BrN4O. The van der Waals surface area contributed by atoms with E-state index in [2.05, 4.69) is 31.3 Å². The number of fused-ring (bicyclic) bond motifs is 1. The molecule has 0 saturated carbocycles. The van der Waals surface area contributed by atoms with Gasteiger partial charge in [-0.05, 0) is 35.0 Å². The number of aliphatic hydroxyl groups is 1. The molecule has 0 aliphatic heterocycles. The fraction of sp³-hybridized carbons (Fsp3) is 0.333. The number of pyridine rings is 1. The lowest BCUT2D eigenvalue weighted by Gasteiger charge is -2.02. The van der Waals surface area contributed by atoms with E-state index in [1.165, 1.54) is 0 Å². The van der Waals surface area contributed by atoms with Crippen molar-refractivity contribution in [3.8, 4) is 0 Å². The number of hydrogen-bond acceptors (Lipinski definition) is 4. The summed E-state index contributed by atoms with van der Waals surface area (Å²) >= 11 is 3.39. The van der Waals surface area contributed by atoms with E-state index in [1.54, 1.807) is 11.4 Å². The summed E-state index contributed by atoms with van der Waals surface area (Å²) in [5.41, 5.74) is 0.755. The van der Waals surface area contributed by atoms with E-state index in [-0.39, 0.29) is 0 Å². The Morgan fingerprint density at radius 3 is 3.13 bits per heavy atom. The molecule has 15 heavy (non-hydrogen) atoms. The highest BCUT2D eigenvalue weighted by Gasteiger charge is 2.05. The van der Waals surface area contributed by atoms with Gasteiger partial charge in [-0.25, -0.2) is 4.52 Å². The van der Waals surface area contributed by atoms with Crippen molar-refractivity contribution in [1.29, 1.82) is 0 Å². The van der Waals surface area contributed by atoms with Gasteiger partial charge in [-0.2, -0.15) is 4.98 Å². The molecule has 1 unspecified atom stereocenters. The molecule has 0 aliphatic rings. The summed E-state index contributed by atoms with van der Waals surface area (Å²) in [6.45, 7) is 2.15. The maximum Gasteiger partial charge on any atom is 0.243 e. The van der Waals surface area contributed by atoms with Crippen molar-refractivity contribution in [3.63, 3.8) is 0 Å². The monoisotopic (exact) mass is 270 g/mol. The second-order valence-corrected chi connectivity index (χ2v) is 4.14. The summed E-state index contributed by atoms with van der Waals surface area (Å²) in [5, 5.41) is 16.3. The molecule has 5 nitrogen and oxygen atoms in total. The lowest BCUT2D eigenvalue weighted by atomic mass is 10.4. The van der Waals surface area contributed by atoms with Gasteiger partial charge in [0.05, 0.1) is 10.6 Å². The second-order valence-electron chi connectivity index (χ2n) is 3.29. The minimum atomic E-state index is -0.417. The summed E-state index contributed by atoms with van der Waals surface area (Å²) in [7, 11) is 0. The van der Waals surface area contributed by atoms with Crippen LogP contribution in [0.2, 0.25) is 0 Å². The van der Waals surface area contributed by atoms with E-state index in [0.29, 0.717) is 12.5 Å². The van der Waals surface area contributed by atoms with Gasteiger partial charge in [0.25, 0.3) is 0 Å². The molecule has 0 amide bonds. The summed E-state index contributed by atoms with van der Waals surface area (Å²) < 4.78 is 2.57. The van der Waals surface area contributed by atoms with Gasteiger partial charge in [-0.1, -0.05) is 0 Å². The molecular weight excluding hydrogens is 260 g/mol.